The third-order valence-corrected chi connectivity index (χ3v) is 4.81. The molecule has 4 aromatic rings. The van der Waals surface area contributed by atoms with Crippen molar-refractivity contribution in [2.24, 2.45) is 0 Å². The molecule has 0 spiro atoms. The van der Waals surface area contributed by atoms with Gasteiger partial charge in [0, 0.05) is 27.3 Å². The molecule has 0 atom stereocenters. The highest BCUT2D eigenvalue weighted by Crippen LogP contribution is 2.41. The van der Waals surface area contributed by atoms with Gasteiger partial charge in [-0.1, -0.05) is 48.5 Å². The zero-order valence-corrected chi connectivity index (χ0v) is 14.0. The van der Waals surface area contributed by atoms with Crippen molar-refractivity contribution in [1.29, 1.82) is 0 Å². The Morgan fingerprint density at radius 1 is 0.846 bits per heavy atom. The zero-order chi connectivity index (χ0) is 17.8. The Balaban J connectivity index is 1.91. The van der Waals surface area contributed by atoms with Gasteiger partial charge in [-0.05, 0) is 13.0 Å². The van der Waals surface area contributed by atoms with Gasteiger partial charge in [0.05, 0.1) is 12.2 Å². The van der Waals surface area contributed by atoms with E-state index in [9.17, 15) is 9.59 Å². The highest BCUT2D eigenvalue weighted by molar-refractivity contribution is 6.32. The van der Waals surface area contributed by atoms with Gasteiger partial charge in [0.15, 0.2) is 11.5 Å². The van der Waals surface area contributed by atoms with E-state index in [-0.39, 0.29) is 17.3 Å². The van der Waals surface area contributed by atoms with Crippen molar-refractivity contribution < 1.29 is 18.7 Å². The summed E-state index contributed by atoms with van der Waals surface area (Å²) in [5.41, 5.74) is 1.68. The summed E-state index contributed by atoms with van der Waals surface area (Å²) in [5.74, 6) is 0.348. The Labute approximate surface area is 149 Å². The number of furan rings is 1. The Morgan fingerprint density at radius 3 is 2.23 bits per heavy atom. The molecule has 126 valence electrons. The van der Waals surface area contributed by atoms with Crippen LogP contribution < -0.4 is 4.74 Å². The van der Waals surface area contributed by atoms with Gasteiger partial charge in [0.25, 0.3) is 0 Å². The minimum atomic E-state index is -0.256. The molecule has 3 aromatic carbocycles. The van der Waals surface area contributed by atoms with Crippen molar-refractivity contribution >= 4 is 33.3 Å². The largest absolute Gasteiger partial charge is 0.493 e. The van der Waals surface area contributed by atoms with Crippen molar-refractivity contribution in [3.05, 3.63) is 77.0 Å². The van der Waals surface area contributed by atoms with Gasteiger partial charge < -0.3 is 9.15 Å². The van der Waals surface area contributed by atoms with E-state index >= 15 is 0 Å². The fraction of sp³-hybridized carbons (Fsp3) is 0.0909. The second-order valence-electron chi connectivity index (χ2n) is 6.24. The third kappa shape index (κ3) is 1.84. The van der Waals surface area contributed by atoms with Crippen LogP contribution >= 0.6 is 0 Å². The highest BCUT2D eigenvalue weighted by Gasteiger charge is 2.35. The molecule has 1 heterocycles. The Hall–Kier alpha value is -3.40. The van der Waals surface area contributed by atoms with E-state index < -0.39 is 0 Å². The zero-order valence-electron chi connectivity index (χ0n) is 14.0. The van der Waals surface area contributed by atoms with Crippen LogP contribution in [-0.4, -0.2) is 18.2 Å². The van der Waals surface area contributed by atoms with Gasteiger partial charge in [-0.15, -0.1) is 0 Å². The van der Waals surface area contributed by atoms with Gasteiger partial charge in [-0.3, -0.25) is 9.59 Å². The highest BCUT2D eigenvalue weighted by atomic mass is 16.5. The number of hydrogen-bond acceptors (Lipinski definition) is 4. The molecule has 0 N–H and O–H groups in total. The second kappa shape index (κ2) is 5.30. The molecule has 4 nitrogen and oxygen atoms in total. The maximum absolute atomic E-state index is 13.1. The van der Waals surface area contributed by atoms with Crippen LogP contribution in [0.1, 0.15) is 39.0 Å². The minimum Gasteiger partial charge on any atom is -0.493 e. The smallest absolute Gasteiger partial charge is 0.229 e. The summed E-state index contributed by atoms with van der Waals surface area (Å²) in [7, 11) is 0. The molecule has 1 aliphatic rings. The Bertz CT molecular complexity index is 1230. The third-order valence-electron chi connectivity index (χ3n) is 4.81. The molecule has 0 saturated heterocycles. The number of rotatable bonds is 2. The van der Waals surface area contributed by atoms with E-state index in [1.54, 1.807) is 24.3 Å². The van der Waals surface area contributed by atoms with Crippen molar-refractivity contribution in [3.8, 4) is 5.75 Å². The molecular formula is C22H14O4. The lowest BCUT2D eigenvalue weighted by Gasteiger charge is -2.12. The summed E-state index contributed by atoms with van der Waals surface area (Å²) in [6, 6.07) is 16.3. The molecule has 0 bridgehead atoms. The fourth-order valence-electron chi connectivity index (χ4n) is 3.68. The van der Waals surface area contributed by atoms with Gasteiger partial charge in [0.2, 0.25) is 5.78 Å². The molecule has 5 rings (SSSR count). The first-order valence-electron chi connectivity index (χ1n) is 8.50. The summed E-state index contributed by atoms with van der Waals surface area (Å²) in [6.45, 7) is 2.42. The van der Waals surface area contributed by atoms with Crippen LogP contribution in [0, 0.1) is 0 Å². The van der Waals surface area contributed by atoms with Gasteiger partial charge in [-0.2, -0.15) is 0 Å². The van der Waals surface area contributed by atoms with Crippen LogP contribution in [0.3, 0.4) is 0 Å². The van der Waals surface area contributed by atoms with E-state index in [4.69, 9.17) is 9.15 Å². The molecule has 0 radical (unpaired) electrons. The monoisotopic (exact) mass is 342 g/mol. The Kier molecular flexibility index (Phi) is 3.04. The lowest BCUT2D eigenvalue weighted by molar-refractivity contribution is 0.0962. The van der Waals surface area contributed by atoms with Gasteiger partial charge in [-0.25, -0.2) is 0 Å². The van der Waals surface area contributed by atoms with Crippen LogP contribution in [0.5, 0.6) is 5.75 Å². The molecule has 0 amide bonds. The Morgan fingerprint density at radius 2 is 1.50 bits per heavy atom. The summed E-state index contributed by atoms with van der Waals surface area (Å²) >= 11 is 0. The average molecular weight is 342 g/mol. The van der Waals surface area contributed by atoms with Crippen molar-refractivity contribution in [1.82, 2.24) is 0 Å². The topological polar surface area (TPSA) is 56.5 Å². The lowest BCUT2D eigenvalue weighted by atomic mass is 9.87. The average Bonchev–Trinajstić information content (AvgIpc) is 3.07. The SMILES string of the molecule is CCOc1cc2c3c(oc2c2ccccc12)C(=O)c1ccccc1C3=O. The van der Waals surface area contributed by atoms with E-state index in [1.807, 2.05) is 37.3 Å². The lowest BCUT2D eigenvalue weighted by Crippen LogP contribution is -2.19. The van der Waals surface area contributed by atoms with Gasteiger partial charge >= 0.3 is 0 Å². The maximum Gasteiger partial charge on any atom is 0.229 e. The summed E-state index contributed by atoms with van der Waals surface area (Å²) < 4.78 is 11.7. The molecule has 0 aliphatic heterocycles. The van der Waals surface area contributed by atoms with Crippen LogP contribution in [0.15, 0.2) is 59.0 Å². The molecule has 0 fully saturated rings. The van der Waals surface area contributed by atoms with Crippen molar-refractivity contribution in [2.45, 2.75) is 6.92 Å². The number of carbonyl (C=O) groups excluding carboxylic acids is 2. The number of carbonyl (C=O) groups is 2. The van der Waals surface area contributed by atoms with E-state index in [0.29, 0.717) is 40.0 Å². The summed E-state index contributed by atoms with van der Waals surface area (Å²) in [4.78, 5) is 26.0. The molecule has 0 saturated carbocycles. The van der Waals surface area contributed by atoms with E-state index in [1.165, 1.54) is 0 Å². The maximum atomic E-state index is 13.1. The standard InChI is InChI=1S/C22H14O4/c1-2-25-17-11-16-18-19(23)13-8-4-5-9-14(13)20(24)22(18)26-21(16)15-10-6-3-7-12(15)17/h3-11H,2H2,1H3. The van der Waals surface area contributed by atoms with E-state index in [2.05, 4.69) is 0 Å². The first kappa shape index (κ1) is 14.9. The number of benzene rings is 3. The van der Waals surface area contributed by atoms with Gasteiger partial charge in [0.1, 0.15) is 11.3 Å². The molecular weight excluding hydrogens is 328 g/mol. The molecule has 1 aromatic heterocycles. The predicted octanol–water partition coefficient (Wildman–Crippen LogP) is 4.76. The molecule has 1 aliphatic carbocycles. The number of fused-ring (bicyclic) bond motifs is 6. The molecule has 26 heavy (non-hydrogen) atoms. The predicted molar refractivity (Wildman–Crippen MR) is 98.2 cm³/mol. The molecule has 0 unspecified atom stereocenters. The number of ketones is 2. The summed E-state index contributed by atoms with van der Waals surface area (Å²) in [5, 5.41) is 2.34. The second-order valence-corrected chi connectivity index (χ2v) is 6.24. The molecule has 4 heteroatoms. The normalized spacial score (nSPS) is 13.1. The number of ether oxygens (including phenoxy) is 1. The first-order chi connectivity index (χ1) is 12.7. The quantitative estimate of drug-likeness (QED) is 0.464. The van der Waals surface area contributed by atoms with Crippen LogP contribution in [-0.2, 0) is 0 Å². The van der Waals surface area contributed by atoms with Crippen LogP contribution in [0.2, 0.25) is 0 Å². The summed E-state index contributed by atoms with van der Waals surface area (Å²) in [6.07, 6.45) is 0. The van der Waals surface area contributed by atoms with Crippen LogP contribution in [0.4, 0.5) is 0 Å². The van der Waals surface area contributed by atoms with E-state index in [0.717, 1.165) is 10.8 Å². The van der Waals surface area contributed by atoms with Crippen molar-refractivity contribution in [2.75, 3.05) is 6.61 Å². The number of hydrogen-bond donors (Lipinski definition) is 0. The fourth-order valence-corrected chi connectivity index (χ4v) is 3.68. The minimum absolute atomic E-state index is 0.113. The first-order valence-corrected chi connectivity index (χ1v) is 8.50. The van der Waals surface area contributed by atoms with Crippen LogP contribution in [0.25, 0.3) is 21.7 Å². The van der Waals surface area contributed by atoms with Crippen molar-refractivity contribution in [3.63, 3.8) is 0 Å².